The van der Waals surface area contributed by atoms with Gasteiger partial charge in [-0.05, 0) is 64.2 Å². The lowest BCUT2D eigenvalue weighted by molar-refractivity contribution is -0.124. The number of nitrogens with one attached hydrogen (secondary N) is 1. The van der Waals surface area contributed by atoms with Crippen LogP contribution >= 0.6 is 0 Å². The summed E-state index contributed by atoms with van der Waals surface area (Å²) < 4.78 is 0. The van der Waals surface area contributed by atoms with E-state index < -0.39 is 18.2 Å². The summed E-state index contributed by atoms with van der Waals surface area (Å²) in [5.41, 5.74) is 0. The molecular weight excluding hydrogens is 522 g/mol. The highest BCUT2D eigenvalue weighted by atomic mass is 16.3. The molecule has 1 amide bonds. The molecule has 0 aliphatic rings. The minimum Gasteiger partial charge on any atom is -0.394 e. The third-order valence-corrected chi connectivity index (χ3v) is 8.28. The number of rotatable bonds is 32. The van der Waals surface area contributed by atoms with E-state index in [-0.39, 0.29) is 12.5 Å². The van der Waals surface area contributed by atoms with Crippen molar-refractivity contribution in [3.05, 3.63) is 24.3 Å². The van der Waals surface area contributed by atoms with E-state index in [0.717, 1.165) is 44.9 Å². The van der Waals surface area contributed by atoms with Gasteiger partial charge in [-0.15, -0.1) is 0 Å². The Hall–Kier alpha value is -1.17. The molecule has 248 valence electrons. The van der Waals surface area contributed by atoms with E-state index in [1.807, 2.05) is 0 Å². The highest BCUT2D eigenvalue weighted by Crippen LogP contribution is 2.13. The molecular formula is C37H71NO4. The van der Waals surface area contributed by atoms with Crippen LogP contribution in [0.2, 0.25) is 0 Å². The van der Waals surface area contributed by atoms with Crippen LogP contribution in [0.4, 0.5) is 0 Å². The molecule has 0 spiro atoms. The van der Waals surface area contributed by atoms with Gasteiger partial charge in [-0.2, -0.15) is 0 Å². The van der Waals surface area contributed by atoms with Crippen molar-refractivity contribution in [1.29, 1.82) is 0 Å². The van der Waals surface area contributed by atoms with Crippen LogP contribution < -0.4 is 5.32 Å². The van der Waals surface area contributed by atoms with Crippen molar-refractivity contribution in [3.8, 4) is 0 Å². The summed E-state index contributed by atoms with van der Waals surface area (Å²) in [6, 6.07) is -0.826. The van der Waals surface area contributed by atoms with E-state index in [4.69, 9.17) is 0 Å². The van der Waals surface area contributed by atoms with E-state index in [2.05, 4.69) is 43.5 Å². The van der Waals surface area contributed by atoms with Gasteiger partial charge in [0, 0.05) is 6.42 Å². The maximum absolute atomic E-state index is 12.3. The standard InChI is InChI=1S/C37H71NO4/c1-3-5-7-9-11-13-15-17-18-19-20-22-24-26-28-30-32-36(41)38-34(33-39)37(42)35(40)31-29-27-25-23-21-16-14-12-10-8-6-4-2/h18-19,23,25,34-35,37,39-40,42H,3-17,20-22,24,26-33H2,1-2H3,(H,38,41)/b19-18-,25-23+. The average molecular weight is 594 g/mol. The first-order chi connectivity index (χ1) is 20.6. The summed E-state index contributed by atoms with van der Waals surface area (Å²) in [5, 5.41) is 33.2. The zero-order valence-electron chi connectivity index (χ0n) is 27.9. The molecule has 0 bridgehead atoms. The smallest absolute Gasteiger partial charge is 0.220 e. The second kappa shape index (κ2) is 32.7. The van der Waals surface area contributed by atoms with Crippen LogP contribution in [0.1, 0.15) is 181 Å². The summed E-state index contributed by atoms with van der Waals surface area (Å²) in [6.07, 6.45) is 37.0. The van der Waals surface area contributed by atoms with Gasteiger partial charge in [-0.1, -0.05) is 134 Å². The third kappa shape index (κ3) is 27.7. The van der Waals surface area contributed by atoms with Crippen molar-refractivity contribution < 1.29 is 20.1 Å². The Bertz CT molecular complexity index is 621. The summed E-state index contributed by atoms with van der Waals surface area (Å²) in [7, 11) is 0. The number of carbonyl (C=O) groups is 1. The van der Waals surface area contributed by atoms with Gasteiger partial charge in [0.25, 0.3) is 0 Å². The van der Waals surface area contributed by atoms with E-state index >= 15 is 0 Å². The number of hydrogen-bond acceptors (Lipinski definition) is 4. The average Bonchev–Trinajstić information content (AvgIpc) is 2.99. The van der Waals surface area contributed by atoms with E-state index in [0.29, 0.717) is 12.8 Å². The molecule has 5 nitrogen and oxygen atoms in total. The number of amides is 1. The molecule has 5 heteroatoms. The quantitative estimate of drug-likeness (QED) is 0.0462. The zero-order chi connectivity index (χ0) is 30.9. The first kappa shape index (κ1) is 40.8. The molecule has 3 atom stereocenters. The lowest BCUT2D eigenvalue weighted by atomic mass is 10.0. The predicted molar refractivity (Wildman–Crippen MR) is 181 cm³/mol. The Labute approximate surface area is 261 Å². The van der Waals surface area contributed by atoms with Gasteiger partial charge in [0.1, 0.15) is 6.10 Å². The lowest BCUT2D eigenvalue weighted by Crippen LogP contribution is -2.50. The van der Waals surface area contributed by atoms with E-state index in [9.17, 15) is 20.1 Å². The maximum Gasteiger partial charge on any atom is 0.220 e. The topological polar surface area (TPSA) is 89.8 Å². The fourth-order valence-corrected chi connectivity index (χ4v) is 5.39. The minimum absolute atomic E-state index is 0.165. The van der Waals surface area contributed by atoms with Crippen LogP contribution in [-0.4, -0.2) is 46.1 Å². The molecule has 0 aromatic rings. The van der Waals surface area contributed by atoms with Crippen molar-refractivity contribution in [2.45, 2.75) is 199 Å². The van der Waals surface area contributed by atoms with Crippen LogP contribution in [0.25, 0.3) is 0 Å². The number of allylic oxidation sites excluding steroid dienone is 4. The van der Waals surface area contributed by atoms with Crippen molar-refractivity contribution >= 4 is 5.91 Å². The Morgan fingerprint density at radius 1 is 0.571 bits per heavy atom. The molecule has 0 fully saturated rings. The van der Waals surface area contributed by atoms with Crippen molar-refractivity contribution in [1.82, 2.24) is 5.32 Å². The number of aliphatic hydroxyl groups is 3. The molecule has 0 aromatic heterocycles. The molecule has 42 heavy (non-hydrogen) atoms. The molecule has 0 aliphatic carbocycles. The number of hydrogen-bond donors (Lipinski definition) is 4. The van der Waals surface area contributed by atoms with E-state index in [1.54, 1.807) is 0 Å². The van der Waals surface area contributed by atoms with Crippen LogP contribution in [-0.2, 0) is 4.79 Å². The van der Waals surface area contributed by atoms with E-state index in [1.165, 1.54) is 109 Å². The first-order valence-corrected chi connectivity index (χ1v) is 18.1. The Balaban J connectivity index is 3.75. The second-order valence-electron chi connectivity index (χ2n) is 12.4. The fraction of sp³-hybridized carbons (Fsp3) is 0.865. The number of aliphatic hydroxyl groups excluding tert-OH is 3. The Kier molecular flexibility index (Phi) is 31.8. The molecule has 0 aromatic carbocycles. The molecule has 0 aliphatic heterocycles. The monoisotopic (exact) mass is 594 g/mol. The molecule has 0 rings (SSSR count). The first-order valence-electron chi connectivity index (χ1n) is 18.1. The van der Waals surface area contributed by atoms with Crippen molar-refractivity contribution in [2.75, 3.05) is 6.61 Å². The normalized spacial score (nSPS) is 14.1. The Morgan fingerprint density at radius 2 is 0.952 bits per heavy atom. The van der Waals surface area contributed by atoms with Gasteiger partial charge in [0.15, 0.2) is 0 Å². The van der Waals surface area contributed by atoms with Gasteiger partial charge in [-0.3, -0.25) is 4.79 Å². The second-order valence-corrected chi connectivity index (χ2v) is 12.4. The summed E-state index contributed by atoms with van der Waals surface area (Å²) in [5.74, 6) is -0.165. The highest BCUT2D eigenvalue weighted by molar-refractivity contribution is 5.76. The molecule has 4 N–H and O–H groups in total. The van der Waals surface area contributed by atoms with Crippen LogP contribution in [0.5, 0.6) is 0 Å². The van der Waals surface area contributed by atoms with Crippen LogP contribution in [0.15, 0.2) is 24.3 Å². The minimum atomic E-state index is -1.16. The summed E-state index contributed by atoms with van der Waals surface area (Å²) >= 11 is 0. The van der Waals surface area contributed by atoms with Crippen LogP contribution in [0.3, 0.4) is 0 Å². The van der Waals surface area contributed by atoms with Gasteiger partial charge in [0.2, 0.25) is 5.91 Å². The molecule has 3 unspecified atom stereocenters. The molecule has 0 heterocycles. The number of unbranched alkanes of at least 4 members (excludes halogenated alkanes) is 20. The van der Waals surface area contributed by atoms with Crippen LogP contribution in [0, 0.1) is 0 Å². The van der Waals surface area contributed by atoms with Gasteiger partial charge < -0.3 is 20.6 Å². The maximum atomic E-state index is 12.3. The fourth-order valence-electron chi connectivity index (χ4n) is 5.39. The lowest BCUT2D eigenvalue weighted by Gasteiger charge is -2.26. The largest absolute Gasteiger partial charge is 0.394 e. The number of carbonyl (C=O) groups excluding carboxylic acids is 1. The van der Waals surface area contributed by atoms with Crippen molar-refractivity contribution in [3.63, 3.8) is 0 Å². The molecule has 0 saturated carbocycles. The SMILES string of the molecule is CCCCCCCCC/C=C\CCCCCCCC(=O)NC(CO)C(O)C(O)CCC/C=C/CCCCCCCCC. The van der Waals surface area contributed by atoms with Gasteiger partial charge >= 0.3 is 0 Å². The predicted octanol–water partition coefficient (Wildman–Crippen LogP) is 9.48. The molecule has 0 radical (unpaired) electrons. The Morgan fingerprint density at radius 3 is 1.38 bits per heavy atom. The van der Waals surface area contributed by atoms with Gasteiger partial charge in [-0.25, -0.2) is 0 Å². The van der Waals surface area contributed by atoms with Gasteiger partial charge in [0.05, 0.1) is 18.8 Å². The highest BCUT2D eigenvalue weighted by Gasteiger charge is 2.26. The third-order valence-electron chi connectivity index (χ3n) is 8.28. The summed E-state index contributed by atoms with van der Waals surface area (Å²) in [4.78, 5) is 12.3. The molecule has 0 saturated heterocycles. The zero-order valence-corrected chi connectivity index (χ0v) is 27.9. The summed E-state index contributed by atoms with van der Waals surface area (Å²) in [6.45, 7) is 4.13. The van der Waals surface area contributed by atoms with Crippen molar-refractivity contribution in [2.24, 2.45) is 0 Å².